The van der Waals surface area contributed by atoms with Gasteiger partial charge in [-0.25, -0.2) is 0 Å². The summed E-state index contributed by atoms with van der Waals surface area (Å²) in [6, 6.07) is 0. The molecule has 0 bridgehead atoms. The van der Waals surface area contributed by atoms with E-state index in [0.717, 1.165) is 32.3 Å². The molecule has 3 nitrogen and oxygen atoms in total. The Morgan fingerprint density at radius 1 is 1.20 bits per heavy atom. The average Bonchev–Trinajstić information content (AvgIpc) is 2.28. The van der Waals surface area contributed by atoms with E-state index in [1.54, 1.807) is 7.11 Å². The van der Waals surface area contributed by atoms with Gasteiger partial charge in [0.05, 0.1) is 6.61 Å². The van der Waals surface area contributed by atoms with E-state index in [2.05, 4.69) is 11.8 Å². The molecule has 0 aromatic carbocycles. The fraction of sp³-hybridized carbons (Fsp3) is 1.00. The fourth-order valence-corrected chi connectivity index (χ4v) is 2.11. The zero-order valence-corrected chi connectivity index (χ0v) is 10.2. The molecule has 0 unspecified atom stereocenters. The maximum Gasteiger partial charge on any atom is 0.0589 e. The van der Waals surface area contributed by atoms with Crippen LogP contribution in [0.3, 0.4) is 0 Å². The highest BCUT2D eigenvalue weighted by atomic mass is 16.5. The van der Waals surface area contributed by atoms with Gasteiger partial charge >= 0.3 is 0 Å². The van der Waals surface area contributed by atoms with Gasteiger partial charge in [0.2, 0.25) is 0 Å². The zero-order chi connectivity index (χ0) is 10.9. The third-order valence-corrected chi connectivity index (χ3v) is 3.19. The number of nitrogens with zero attached hydrogens (tertiary/aromatic N) is 1. The minimum absolute atomic E-state index is 0.854. The molecule has 1 heterocycles. The van der Waals surface area contributed by atoms with Crippen molar-refractivity contribution in [3.8, 4) is 0 Å². The van der Waals surface area contributed by atoms with Crippen LogP contribution in [0.1, 0.15) is 26.2 Å². The van der Waals surface area contributed by atoms with Gasteiger partial charge in [0.25, 0.3) is 0 Å². The van der Waals surface area contributed by atoms with Gasteiger partial charge in [0.15, 0.2) is 0 Å². The lowest BCUT2D eigenvalue weighted by atomic mass is 9.94. The zero-order valence-electron chi connectivity index (χ0n) is 10.2. The largest absolute Gasteiger partial charge is 0.383 e. The molecule has 90 valence electrons. The SMILES string of the molecule is CCOCCC1CCN(CCOC)CC1. The normalized spacial score (nSPS) is 19.6. The highest BCUT2D eigenvalue weighted by Crippen LogP contribution is 2.20. The van der Waals surface area contributed by atoms with Crippen LogP contribution in [0.2, 0.25) is 0 Å². The monoisotopic (exact) mass is 215 g/mol. The molecule has 3 heteroatoms. The van der Waals surface area contributed by atoms with E-state index in [-0.39, 0.29) is 0 Å². The van der Waals surface area contributed by atoms with Crippen molar-refractivity contribution in [2.24, 2.45) is 5.92 Å². The van der Waals surface area contributed by atoms with Gasteiger partial charge in [-0.2, -0.15) is 0 Å². The van der Waals surface area contributed by atoms with Crippen LogP contribution in [0.5, 0.6) is 0 Å². The molecule has 0 atom stereocenters. The highest BCUT2D eigenvalue weighted by molar-refractivity contribution is 4.71. The molecule has 1 rings (SSSR count). The van der Waals surface area contributed by atoms with Gasteiger partial charge in [-0.15, -0.1) is 0 Å². The van der Waals surface area contributed by atoms with Crippen molar-refractivity contribution >= 4 is 0 Å². The maximum absolute atomic E-state index is 5.39. The minimum atomic E-state index is 0.854. The van der Waals surface area contributed by atoms with E-state index in [4.69, 9.17) is 9.47 Å². The van der Waals surface area contributed by atoms with Crippen LogP contribution in [0.15, 0.2) is 0 Å². The van der Waals surface area contributed by atoms with E-state index >= 15 is 0 Å². The number of ether oxygens (including phenoxy) is 2. The van der Waals surface area contributed by atoms with Crippen LogP contribution in [0.25, 0.3) is 0 Å². The van der Waals surface area contributed by atoms with Gasteiger partial charge in [0.1, 0.15) is 0 Å². The van der Waals surface area contributed by atoms with Crippen LogP contribution in [-0.2, 0) is 9.47 Å². The van der Waals surface area contributed by atoms with E-state index < -0.39 is 0 Å². The van der Waals surface area contributed by atoms with Crippen LogP contribution >= 0.6 is 0 Å². The van der Waals surface area contributed by atoms with Crippen molar-refractivity contribution in [3.63, 3.8) is 0 Å². The van der Waals surface area contributed by atoms with Gasteiger partial charge in [-0.1, -0.05) is 0 Å². The smallest absolute Gasteiger partial charge is 0.0589 e. The molecule has 0 aromatic rings. The standard InChI is InChI=1S/C12H25NO2/c1-3-15-10-6-12-4-7-13(8-5-12)9-11-14-2/h12H,3-11H2,1-2H3. The predicted molar refractivity (Wildman–Crippen MR) is 62.2 cm³/mol. The van der Waals surface area contributed by atoms with Crippen LogP contribution in [0.4, 0.5) is 0 Å². The number of likely N-dealkylation sites (tertiary alicyclic amines) is 1. The van der Waals surface area contributed by atoms with E-state index in [0.29, 0.717) is 0 Å². The van der Waals surface area contributed by atoms with E-state index in [9.17, 15) is 0 Å². The lowest BCUT2D eigenvalue weighted by Gasteiger charge is -2.31. The third kappa shape index (κ3) is 5.50. The molecule has 1 aliphatic rings. The lowest BCUT2D eigenvalue weighted by molar-refractivity contribution is 0.0948. The summed E-state index contributed by atoms with van der Waals surface area (Å²) in [6.45, 7) is 8.29. The van der Waals surface area contributed by atoms with Crippen LogP contribution < -0.4 is 0 Å². The first-order valence-corrected chi connectivity index (χ1v) is 6.15. The minimum Gasteiger partial charge on any atom is -0.383 e. The predicted octanol–water partition coefficient (Wildman–Crippen LogP) is 1.77. The second kappa shape index (κ2) is 8.08. The van der Waals surface area contributed by atoms with Crippen molar-refractivity contribution < 1.29 is 9.47 Å². The molecule has 0 radical (unpaired) electrons. The first-order valence-electron chi connectivity index (χ1n) is 6.15. The summed E-state index contributed by atoms with van der Waals surface area (Å²) in [5, 5.41) is 0. The van der Waals surface area contributed by atoms with Crippen molar-refractivity contribution in [2.75, 3.05) is 46.6 Å². The number of methoxy groups -OCH3 is 1. The third-order valence-electron chi connectivity index (χ3n) is 3.19. The van der Waals surface area contributed by atoms with Crippen molar-refractivity contribution in [3.05, 3.63) is 0 Å². The van der Waals surface area contributed by atoms with Gasteiger partial charge < -0.3 is 14.4 Å². The summed E-state index contributed by atoms with van der Waals surface area (Å²) in [5.74, 6) is 0.885. The molecule has 0 spiro atoms. The molecule has 15 heavy (non-hydrogen) atoms. The number of hydrogen-bond donors (Lipinski definition) is 0. The van der Waals surface area contributed by atoms with Gasteiger partial charge in [-0.05, 0) is 45.2 Å². The maximum atomic E-state index is 5.39. The second-order valence-corrected chi connectivity index (χ2v) is 4.26. The molecule has 0 aliphatic carbocycles. The Bertz CT molecular complexity index is 145. The summed E-state index contributed by atoms with van der Waals surface area (Å²) in [7, 11) is 1.77. The molecule has 0 aromatic heterocycles. The molecule has 1 saturated heterocycles. The molecule has 0 N–H and O–H groups in total. The first-order chi connectivity index (χ1) is 7.36. The second-order valence-electron chi connectivity index (χ2n) is 4.26. The Labute approximate surface area is 93.7 Å². The first kappa shape index (κ1) is 12.9. The molecule has 0 saturated carbocycles. The number of hydrogen-bond acceptors (Lipinski definition) is 3. The van der Waals surface area contributed by atoms with E-state index in [1.165, 1.54) is 32.4 Å². The van der Waals surface area contributed by atoms with Crippen molar-refractivity contribution in [1.82, 2.24) is 4.90 Å². The molecule has 1 aliphatic heterocycles. The van der Waals surface area contributed by atoms with Gasteiger partial charge in [-0.3, -0.25) is 0 Å². The van der Waals surface area contributed by atoms with Gasteiger partial charge in [0, 0.05) is 26.9 Å². The lowest BCUT2D eigenvalue weighted by Crippen LogP contribution is -2.36. The van der Waals surface area contributed by atoms with Crippen LogP contribution in [0, 0.1) is 5.92 Å². The van der Waals surface area contributed by atoms with Crippen molar-refractivity contribution in [2.45, 2.75) is 26.2 Å². The Hall–Kier alpha value is -0.120. The molecular formula is C12H25NO2. The van der Waals surface area contributed by atoms with Crippen LogP contribution in [-0.4, -0.2) is 51.5 Å². The summed E-state index contributed by atoms with van der Waals surface area (Å²) < 4.78 is 10.5. The van der Waals surface area contributed by atoms with E-state index in [1.807, 2.05) is 0 Å². The highest BCUT2D eigenvalue weighted by Gasteiger charge is 2.18. The summed E-state index contributed by atoms with van der Waals surface area (Å²) in [5.41, 5.74) is 0. The quantitative estimate of drug-likeness (QED) is 0.604. The topological polar surface area (TPSA) is 21.7 Å². The Morgan fingerprint density at radius 2 is 1.93 bits per heavy atom. The summed E-state index contributed by atoms with van der Waals surface area (Å²) >= 11 is 0. The average molecular weight is 215 g/mol. The summed E-state index contributed by atoms with van der Waals surface area (Å²) in [6.07, 6.45) is 3.90. The Kier molecular flexibility index (Phi) is 6.98. The Balaban J connectivity index is 2.02. The molecule has 1 fully saturated rings. The number of piperidine rings is 1. The molecular weight excluding hydrogens is 190 g/mol. The summed E-state index contributed by atoms with van der Waals surface area (Å²) in [4.78, 5) is 2.50. The molecule has 0 amide bonds. The fourth-order valence-electron chi connectivity index (χ4n) is 2.11. The number of rotatable bonds is 7. The Morgan fingerprint density at radius 3 is 2.53 bits per heavy atom. The van der Waals surface area contributed by atoms with Crippen molar-refractivity contribution in [1.29, 1.82) is 0 Å².